The molecule has 0 aliphatic carbocycles. The number of aromatic carboxylic acids is 1. The van der Waals surface area contributed by atoms with Crippen LogP contribution in [0.2, 0.25) is 0 Å². The minimum absolute atomic E-state index is 0. The van der Waals surface area contributed by atoms with Gasteiger partial charge in [-0.05, 0) is 30.7 Å². The van der Waals surface area contributed by atoms with E-state index in [0.29, 0.717) is 6.07 Å². The Bertz CT molecular complexity index is 1050. The van der Waals surface area contributed by atoms with E-state index in [1.54, 1.807) is 48.5 Å². The molecule has 138 valence electrons. The van der Waals surface area contributed by atoms with Gasteiger partial charge in [0.15, 0.2) is 0 Å². The zero-order chi connectivity index (χ0) is 19.6. The van der Waals surface area contributed by atoms with Crippen LogP contribution in [0.1, 0.15) is 10.4 Å². The van der Waals surface area contributed by atoms with E-state index in [1.165, 1.54) is 0 Å². The van der Waals surface area contributed by atoms with Gasteiger partial charge in [0.05, 0.1) is 4.90 Å². The van der Waals surface area contributed by atoms with Gasteiger partial charge >= 0.3 is 35.5 Å². The minimum atomic E-state index is -4.91. The smallest absolute Gasteiger partial charge is 0.744 e. The third-order valence-electron chi connectivity index (χ3n) is 3.85. The molecule has 0 aliphatic heterocycles. The molecule has 0 heterocycles. The summed E-state index contributed by atoms with van der Waals surface area (Å²) < 4.78 is 34.6. The summed E-state index contributed by atoms with van der Waals surface area (Å²) in [5.74, 6) is -2.07. The van der Waals surface area contributed by atoms with E-state index < -0.39 is 40.2 Å². The quantitative estimate of drug-likeness (QED) is 0.301. The Kier molecular flexibility index (Phi) is 7.39. The fourth-order valence-electron chi connectivity index (χ4n) is 2.65. The molecule has 0 amide bonds. The molecule has 3 aromatic carbocycles. The van der Waals surface area contributed by atoms with Crippen LogP contribution in [0.5, 0.6) is 5.75 Å². The molecule has 0 radical (unpaired) electrons. The van der Waals surface area contributed by atoms with Gasteiger partial charge in [0.25, 0.3) is 0 Å². The summed E-state index contributed by atoms with van der Waals surface area (Å²) in [4.78, 5) is 10.8. The monoisotopic (exact) mass is 424 g/mol. The van der Waals surface area contributed by atoms with Gasteiger partial charge < -0.3 is 14.8 Å². The second-order valence-corrected chi connectivity index (χ2v) is 9.17. The summed E-state index contributed by atoms with van der Waals surface area (Å²) in [5, 5.41) is 21.6. The van der Waals surface area contributed by atoms with Gasteiger partial charge in [-0.2, -0.15) is 0 Å². The maximum atomic E-state index is 11.5. The first-order chi connectivity index (χ1) is 12.8. The molecule has 0 saturated carbocycles. The molecule has 9 heteroatoms. The average molecular weight is 424 g/mol. The van der Waals surface area contributed by atoms with E-state index in [-0.39, 0.29) is 34.9 Å². The van der Waals surface area contributed by atoms with Gasteiger partial charge in [-0.15, -0.1) is 0 Å². The van der Waals surface area contributed by atoms with Crippen molar-refractivity contribution in [2.24, 2.45) is 0 Å². The third kappa shape index (κ3) is 4.81. The molecule has 0 saturated heterocycles. The van der Waals surface area contributed by atoms with Crippen molar-refractivity contribution >= 4 is 39.9 Å². The number of carbonyl (C=O) groups is 1. The number of hydrogen-bond donors (Lipinski definition) is 2. The van der Waals surface area contributed by atoms with Crippen LogP contribution in [-0.2, 0) is 10.1 Å². The topological polar surface area (TPSA) is 115 Å². The third-order valence-corrected chi connectivity index (χ3v) is 7.12. The second-order valence-electron chi connectivity index (χ2n) is 5.60. The Labute approximate surface area is 185 Å². The summed E-state index contributed by atoms with van der Waals surface area (Å²) in [6.07, 6.45) is 0. The Morgan fingerprint density at radius 3 is 1.75 bits per heavy atom. The van der Waals surface area contributed by atoms with Crippen molar-refractivity contribution in [1.82, 2.24) is 0 Å². The van der Waals surface area contributed by atoms with Crippen LogP contribution in [0.4, 0.5) is 0 Å². The first kappa shape index (κ1) is 22.6. The van der Waals surface area contributed by atoms with Gasteiger partial charge in [-0.3, -0.25) is 0 Å². The minimum Gasteiger partial charge on any atom is -0.744 e. The van der Waals surface area contributed by atoms with Crippen molar-refractivity contribution in [2.75, 3.05) is 0 Å². The fraction of sp³-hybridized carbons (Fsp3) is 0. The Balaban J connectivity index is 0.00000280. The molecular weight excluding hydrogens is 410 g/mol. The van der Waals surface area contributed by atoms with E-state index in [0.717, 1.165) is 16.7 Å². The molecular formula is C19H14NaO6PS. The van der Waals surface area contributed by atoms with Crippen molar-refractivity contribution in [3.8, 4) is 5.75 Å². The van der Waals surface area contributed by atoms with E-state index in [4.69, 9.17) is 0 Å². The molecule has 0 aromatic heterocycles. The van der Waals surface area contributed by atoms with Crippen LogP contribution >= 0.6 is 7.92 Å². The molecule has 0 fully saturated rings. The zero-order valence-electron chi connectivity index (χ0n) is 14.8. The van der Waals surface area contributed by atoms with Gasteiger partial charge in [0.2, 0.25) is 0 Å². The van der Waals surface area contributed by atoms with E-state index >= 15 is 0 Å². The molecule has 0 bridgehead atoms. The molecule has 0 atom stereocenters. The average Bonchev–Trinajstić information content (AvgIpc) is 2.64. The van der Waals surface area contributed by atoms with Gasteiger partial charge in [-0.25, -0.2) is 13.2 Å². The molecule has 2 N–H and O–H groups in total. The van der Waals surface area contributed by atoms with Crippen LogP contribution in [0, 0.1) is 0 Å². The van der Waals surface area contributed by atoms with E-state index in [2.05, 4.69) is 0 Å². The molecule has 28 heavy (non-hydrogen) atoms. The summed E-state index contributed by atoms with van der Waals surface area (Å²) in [6.45, 7) is 0. The van der Waals surface area contributed by atoms with Crippen molar-refractivity contribution in [2.45, 2.75) is 4.90 Å². The molecule has 0 aliphatic rings. The normalized spacial score (nSPS) is 11.1. The predicted molar refractivity (Wildman–Crippen MR) is 102 cm³/mol. The van der Waals surface area contributed by atoms with Crippen molar-refractivity contribution in [1.29, 1.82) is 0 Å². The van der Waals surface area contributed by atoms with Crippen LogP contribution in [0.3, 0.4) is 0 Å². The molecule has 3 aromatic rings. The number of aromatic hydroxyl groups is 1. The van der Waals surface area contributed by atoms with Gasteiger partial charge in [0.1, 0.15) is 21.4 Å². The maximum Gasteiger partial charge on any atom is 1.00 e. The summed E-state index contributed by atoms with van der Waals surface area (Å²) in [5.41, 5.74) is -0.624. The predicted octanol–water partition coefficient (Wildman–Crippen LogP) is -1.24. The number of carboxylic acids is 1. The number of benzene rings is 3. The molecule has 0 spiro atoms. The first-order valence-corrected chi connectivity index (χ1v) is 10.5. The number of carboxylic acid groups (broad SMARTS) is 1. The van der Waals surface area contributed by atoms with Crippen LogP contribution < -0.4 is 45.5 Å². The standard InChI is InChI=1S/C19H15O6PS.Na/c20-18-16(19(21)22)11-15(27(23,24)25)12-17(18)26(13-7-3-1-4-8-13)14-9-5-2-6-10-14;/h1-12,20H,(H,21,22)(H,23,24,25);/q;+1/p-1. The van der Waals surface area contributed by atoms with Crippen molar-refractivity contribution in [3.05, 3.63) is 78.4 Å². The number of rotatable bonds is 5. The van der Waals surface area contributed by atoms with Crippen molar-refractivity contribution < 1.29 is 57.5 Å². The SMILES string of the molecule is O=C(O)c1cc(S(=O)(=O)[O-])cc(P(c2ccccc2)c2ccccc2)c1O.[Na+]. The molecule has 0 unspecified atom stereocenters. The molecule has 6 nitrogen and oxygen atoms in total. The van der Waals surface area contributed by atoms with Gasteiger partial charge in [0, 0.05) is 5.30 Å². The van der Waals surface area contributed by atoms with Crippen molar-refractivity contribution in [3.63, 3.8) is 0 Å². The van der Waals surface area contributed by atoms with E-state index in [9.17, 15) is 28.0 Å². The summed E-state index contributed by atoms with van der Waals surface area (Å²) >= 11 is 0. The summed E-state index contributed by atoms with van der Waals surface area (Å²) in [6, 6.07) is 19.7. The Morgan fingerprint density at radius 1 is 0.893 bits per heavy atom. The van der Waals surface area contributed by atoms with Gasteiger partial charge in [-0.1, -0.05) is 60.7 Å². The van der Waals surface area contributed by atoms with Crippen LogP contribution in [0.15, 0.2) is 77.7 Å². The largest absolute Gasteiger partial charge is 1.00 e. The van der Waals surface area contributed by atoms with E-state index in [1.807, 2.05) is 12.1 Å². The van der Waals surface area contributed by atoms with Crippen LogP contribution in [0.25, 0.3) is 0 Å². The Hall–Kier alpha value is -1.73. The maximum absolute atomic E-state index is 11.5. The fourth-order valence-corrected chi connectivity index (χ4v) is 5.66. The molecule has 3 rings (SSSR count). The zero-order valence-corrected chi connectivity index (χ0v) is 18.5. The first-order valence-electron chi connectivity index (χ1n) is 7.75. The second kappa shape index (κ2) is 9.18. The summed E-state index contributed by atoms with van der Waals surface area (Å²) in [7, 11) is -6.40. The Morgan fingerprint density at radius 2 is 1.36 bits per heavy atom. The van der Waals surface area contributed by atoms with Crippen LogP contribution in [-0.4, -0.2) is 29.2 Å². The number of phenols is 1. The number of hydrogen-bond acceptors (Lipinski definition) is 5.